The Balaban J connectivity index is 2.16. The highest BCUT2D eigenvalue weighted by Gasteiger charge is 2.15. The Hall–Kier alpha value is -1.06. The largest absolute Gasteiger partial charge is 0.370 e. The predicted molar refractivity (Wildman–Crippen MR) is 75.8 cm³/mol. The number of likely N-dealkylation sites (N-methyl/N-ethyl adjacent to an activating group) is 1. The van der Waals surface area contributed by atoms with E-state index >= 15 is 0 Å². The minimum Gasteiger partial charge on any atom is -0.370 e. The third kappa shape index (κ3) is 3.03. The Morgan fingerprint density at radius 2 is 2.06 bits per heavy atom. The van der Waals surface area contributed by atoms with Gasteiger partial charge >= 0.3 is 0 Å². The van der Waals surface area contributed by atoms with E-state index in [1.807, 2.05) is 12.1 Å². The number of hydrogen-bond acceptors (Lipinski definition) is 3. The molecule has 98 valence electrons. The Bertz CT molecular complexity index is 428. The van der Waals surface area contributed by atoms with E-state index in [1.165, 1.54) is 19.3 Å². The van der Waals surface area contributed by atoms with E-state index in [0.717, 1.165) is 18.8 Å². The molecule has 1 saturated heterocycles. The van der Waals surface area contributed by atoms with Gasteiger partial charge in [-0.05, 0) is 44.5 Å². The average molecular weight is 267 g/mol. The number of Topliss-reactive ketones (excluding diaryl/α,β-unsaturated/α-hetero) is 1. The SMILES string of the molecule is CNCC(=O)c1ccc(N2CCCCC2)c(Cl)c1. The third-order valence-electron chi connectivity index (χ3n) is 3.30. The van der Waals surface area contributed by atoms with E-state index in [9.17, 15) is 4.79 Å². The van der Waals surface area contributed by atoms with Crippen LogP contribution in [0.4, 0.5) is 5.69 Å². The number of carbonyl (C=O) groups excluding carboxylic acids is 1. The van der Waals surface area contributed by atoms with Crippen molar-refractivity contribution in [3.8, 4) is 0 Å². The lowest BCUT2D eigenvalue weighted by Crippen LogP contribution is -2.29. The van der Waals surface area contributed by atoms with Crippen LogP contribution in [0.1, 0.15) is 29.6 Å². The first-order valence-electron chi connectivity index (χ1n) is 6.44. The number of carbonyl (C=O) groups is 1. The summed E-state index contributed by atoms with van der Waals surface area (Å²) < 4.78 is 0. The van der Waals surface area contributed by atoms with Crippen molar-refractivity contribution in [3.63, 3.8) is 0 Å². The second kappa shape index (κ2) is 6.21. The van der Waals surface area contributed by atoms with Crippen LogP contribution in [0.15, 0.2) is 18.2 Å². The zero-order chi connectivity index (χ0) is 13.0. The minimum absolute atomic E-state index is 0.0737. The molecule has 18 heavy (non-hydrogen) atoms. The molecule has 0 amide bonds. The number of nitrogens with zero attached hydrogens (tertiary/aromatic N) is 1. The fourth-order valence-corrected chi connectivity index (χ4v) is 2.63. The number of nitrogens with one attached hydrogen (secondary N) is 1. The summed E-state index contributed by atoms with van der Waals surface area (Å²) in [5.41, 5.74) is 1.73. The molecule has 0 aromatic heterocycles. The van der Waals surface area contributed by atoms with Crippen LogP contribution >= 0.6 is 11.6 Å². The Labute approximate surface area is 113 Å². The highest BCUT2D eigenvalue weighted by Crippen LogP contribution is 2.29. The van der Waals surface area contributed by atoms with Crippen molar-refractivity contribution >= 4 is 23.1 Å². The standard InChI is InChI=1S/C14H19ClN2O/c1-16-10-14(18)11-5-6-13(12(15)9-11)17-7-3-2-4-8-17/h5-6,9,16H,2-4,7-8,10H2,1H3. The average Bonchev–Trinajstić information content (AvgIpc) is 2.40. The maximum Gasteiger partial charge on any atom is 0.176 e. The number of rotatable bonds is 4. The number of anilines is 1. The molecule has 0 aliphatic carbocycles. The summed E-state index contributed by atoms with van der Waals surface area (Å²) in [6.07, 6.45) is 3.74. The first-order chi connectivity index (χ1) is 8.72. The number of halogens is 1. The molecule has 1 aromatic carbocycles. The first-order valence-corrected chi connectivity index (χ1v) is 6.82. The van der Waals surface area contributed by atoms with Crippen LogP contribution in [0.3, 0.4) is 0 Å². The van der Waals surface area contributed by atoms with Crippen molar-refractivity contribution in [3.05, 3.63) is 28.8 Å². The molecular formula is C14H19ClN2O. The van der Waals surface area contributed by atoms with Gasteiger partial charge in [0.25, 0.3) is 0 Å². The molecule has 1 heterocycles. The lowest BCUT2D eigenvalue weighted by molar-refractivity contribution is 0.0993. The number of hydrogen-bond donors (Lipinski definition) is 1. The molecule has 2 rings (SSSR count). The molecule has 3 nitrogen and oxygen atoms in total. The Kier molecular flexibility index (Phi) is 4.61. The summed E-state index contributed by atoms with van der Waals surface area (Å²) in [7, 11) is 1.77. The highest BCUT2D eigenvalue weighted by atomic mass is 35.5. The molecule has 0 unspecified atom stereocenters. The van der Waals surface area contributed by atoms with Crippen LogP contribution in [-0.4, -0.2) is 32.5 Å². The molecule has 0 bridgehead atoms. The Morgan fingerprint density at radius 1 is 1.33 bits per heavy atom. The summed E-state index contributed by atoms with van der Waals surface area (Å²) in [5.74, 6) is 0.0737. The maximum absolute atomic E-state index is 11.7. The van der Waals surface area contributed by atoms with Crippen LogP contribution in [0.2, 0.25) is 5.02 Å². The quantitative estimate of drug-likeness (QED) is 0.851. The normalized spacial score (nSPS) is 15.8. The van der Waals surface area contributed by atoms with E-state index < -0.39 is 0 Å². The van der Waals surface area contributed by atoms with Crippen molar-refractivity contribution in [1.29, 1.82) is 0 Å². The molecule has 4 heteroatoms. The summed E-state index contributed by atoms with van der Waals surface area (Å²) in [6.45, 7) is 2.46. The number of ketones is 1. The smallest absolute Gasteiger partial charge is 0.176 e. The van der Waals surface area contributed by atoms with E-state index in [4.69, 9.17) is 11.6 Å². The molecule has 1 aromatic rings. The first kappa shape index (κ1) is 13.4. The zero-order valence-corrected chi connectivity index (χ0v) is 11.5. The van der Waals surface area contributed by atoms with Gasteiger partial charge in [0.1, 0.15) is 0 Å². The van der Waals surface area contributed by atoms with Crippen LogP contribution in [0.25, 0.3) is 0 Å². The van der Waals surface area contributed by atoms with Crippen LogP contribution in [-0.2, 0) is 0 Å². The molecule has 1 aliphatic heterocycles. The molecule has 0 radical (unpaired) electrons. The molecule has 0 saturated carbocycles. The second-order valence-electron chi connectivity index (χ2n) is 4.67. The lowest BCUT2D eigenvalue weighted by atomic mass is 10.1. The van der Waals surface area contributed by atoms with Gasteiger partial charge in [-0.2, -0.15) is 0 Å². The summed E-state index contributed by atoms with van der Waals surface area (Å²) in [4.78, 5) is 14.1. The maximum atomic E-state index is 11.7. The monoisotopic (exact) mass is 266 g/mol. The van der Waals surface area contributed by atoms with Gasteiger partial charge < -0.3 is 10.2 Å². The Morgan fingerprint density at radius 3 is 2.67 bits per heavy atom. The summed E-state index contributed by atoms with van der Waals surface area (Å²) in [6, 6.07) is 5.62. The fourth-order valence-electron chi connectivity index (χ4n) is 2.33. The van der Waals surface area contributed by atoms with Crippen LogP contribution < -0.4 is 10.2 Å². The third-order valence-corrected chi connectivity index (χ3v) is 3.61. The van der Waals surface area contributed by atoms with Crippen molar-refractivity contribution < 1.29 is 4.79 Å². The van der Waals surface area contributed by atoms with E-state index in [-0.39, 0.29) is 5.78 Å². The molecule has 1 aliphatic rings. The van der Waals surface area contributed by atoms with E-state index in [1.54, 1.807) is 13.1 Å². The fraction of sp³-hybridized carbons (Fsp3) is 0.500. The van der Waals surface area contributed by atoms with Crippen LogP contribution in [0, 0.1) is 0 Å². The van der Waals surface area contributed by atoms with Gasteiger partial charge in [0.2, 0.25) is 0 Å². The van der Waals surface area contributed by atoms with Crippen LogP contribution in [0.5, 0.6) is 0 Å². The van der Waals surface area contributed by atoms with Gasteiger partial charge in [-0.15, -0.1) is 0 Å². The van der Waals surface area contributed by atoms with Gasteiger partial charge in [-0.25, -0.2) is 0 Å². The number of benzene rings is 1. The lowest BCUT2D eigenvalue weighted by Gasteiger charge is -2.29. The highest BCUT2D eigenvalue weighted by molar-refractivity contribution is 6.33. The van der Waals surface area contributed by atoms with Crippen molar-refractivity contribution in [2.24, 2.45) is 0 Å². The molecule has 1 fully saturated rings. The molecule has 0 spiro atoms. The van der Waals surface area contributed by atoms with E-state index in [2.05, 4.69) is 10.2 Å². The van der Waals surface area contributed by atoms with Crippen molar-refractivity contribution in [1.82, 2.24) is 5.32 Å². The van der Waals surface area contributed by atoms with Gasteiger partial charge in [0.05, 0.1) is 17.3 Å². The topological polar surface area (TPSA) is 32.3 Å². The molecular weight excluding hydrogens is 248 g/mol. The minimum atomic E-state index is 0.0737. The summed E-state index contributed by atoms with van der Waals surface area (Å²) in [5, 5.41) is 3.54. The van der Waals surface area contributed by atoms with Gasteiger partial charge in [-0.1, -0.05) is 11.6 Å². The number of piperidine rings is 1. The van der Waals surface area contributed by atoms with Gasteiger partial charge in [0.15, 0.2) is 5.78 Å². The molecule has 1 N–H and O–H groups in total. The second-order valence-corrected chi connectivity index (χ2v) is 5.07. The van der Waals surface area contributed by atoms with Crippen molar-refractivity contribution in [2.75, 3.05) is 31.6 Å². The zero-order valence-electron chi connectivity index (χ0n) is 10.7. The molecule has 0 atom stereocenters. The van der Waals surface area contributed by atoms with E-state index in [0.29, 0.717) is 17.1 Å². The van der Waals surface area contributed by atoms with Crippen molar-refractivity contribution in [2.45, 2.75) is 19.3 Å². The predicted octanol–water partition coefficient (Wildman–Crippen LogP) is 2.73. The van der Waals surface area contributed by atoms with Gasteiger partial charge in [-0.3, -0.25) is 4.79 Å². The summed E-state index contributed by atoms with van der Waals surface area (Å²) >= 11 is 6.29. The van der Waals surface area contributed by atoms with Gasteiger partial charge in [0, 0.05) is 18.7 Å².